The summed E-state index contributed by atoms with van der Waals surface area (Å²) in [6, 6.07) is 8.41. The van der Waals surface area contributed by atoms with Crippen LogP contribution < -0.4 is 16.0 Å². The molecule has 5 rings (SSSR count). The van der Waals surface area contributed by atoms with E-state index in [1.165, 1.54) is 53.1 Å². The molecule has 2 aromatic carbocycles. The molecule has 2 aromatic heterocycles. The summed E-state index contributed by atoms with van der Waals surface area (Å²) in [5.41, 5.74) is 1.46. The average Bonchev–Trinajstić information content (AvgIpc) is 3.78. The third-order valence-electron chi connectivity index (χ3n) is 9.24. The van der Waals surface area contributed by atoms with E-state index < -0.39 is 65.8 Å². The van der Waals surface area contributed by atoms with Crippen LogP contribution in [0.25, 0.3) is 10.9 Å². The maximum Gasteiger partial charge on any atom is 0.271 e. The summed E-state index contributed by atoms with van der Waals surface area (Å²) < 4.78 is 29.5. The molecule has 1 aliphatic rings. The number of thiazole rings is 1. The van der Waals surface area contributed by atoms with Crippen LogP contribution in [0.3, 0.4) is 0 Å². The zero-order valence-corrected chi connectivity index (χ0v) is 31.8. The average molecular weight is 765 g/mol. The van der Waals surface area contributed by atoms with Gasteiger partial charge in [-0.2, -0.15) is 0 Å². The zero-order chi connectivity index (χ0) is 39.1. The van der Waals surface area contributed by atoms with Gasteiger partial charge in [0.2, 0.25) is 23.6 Å². The number of hydrogen-bond donors (Lipinski definition) is 4. The van der Waals surface area contributed by atoms with E-state index in [9.17, 15) is 32.8 Å². The van der Waals surface area contributed by atoms with Crippen LogP contribution in [0, 0.1) is 17.6 Å². The Labute approximate surface area is 316 Å². The van der Waals surface area contributed by atoms with Crippen molar-refractivity contribution >= 4 is 51.8 Å². The fourth-order valence-electron chi connectivity index (χ4n) is 6.40. The molecule has 3 heterocycles. The van der Waals surface area contributed by atoms with Gasteiger partial charge in [-0.3, -0.25) is 28.9 Å². The number of carbonyl (C=O) groups excluding carboxylic acids is 5. The van der Waals surface area contributed by atoms with Crippen LogP contribution in [-0.4, -0.2) is 107 Å². The van der Waals surface area contributed by atoms with Crippen LogP contribution in [-0.2, 0) is 32.1 Å². The predicted octanol–water partition coefficient (Wildman–Crippen LogP) is 3.38. The quantitative estimate of drug-likeness (QED) is 0.234. The second kappa shape index (κ2) is 17.7. The van der Waals surface area contributed by atoms with E-state index in [0.717, 1.165) is 28.6 Å². The predicted molar refractivity (Wildman–Crippen MR) is 200 cm³/mol. The number of aromatic nitrogens is 2. The number of para-hydroxylation sites is 1. The van der Waals surface area contributed by atoms with E-state index in [4.69, 9.17) is 0 Å². The SMILES string of the molecule is CC(C)C[C@@H]1NC(=O)CN(Cc2c(F)cccc2F)CCN(C)C(=O)[C@H](C)NC(=O)CN(C)C(=O)[C@@H](Cc2c[nH]c3ccccc23)NC(=O)c2csc1n2. The normalized spacial score (nSPS) is 20.5. The number of carbonyl (C=O) groups is 5. The molecule has 1 aliphatic heterocycles. The highest BCUT2D eigenvalue weighted by molar-refractivity contribution is 7.09. The second-order valence-electron chi connectivity index (χ2n) is 14.1. The van der Waals surface area contributed by atoms with Crippen molar-refractivity contribution in [3.05, 3.63) is 87.5 Å². The van der Waals surface area contributed by atoms with Crippen LogP contribution in [0.5, 0.6) is 0 Å². The van der Waals surface area contributed by atoms with Gasteiger partial charge >= 0.3 is 0 Å². The van der Waals surface area contributed by atoms with Crippen molar-refractivity contribution in [3.8, 4) is 0 Å². The van der Waals surface area contributed by atoms with Crippen molar-refractivity contribution in [3.63, 3.8) is 0 Å². The first-order valence-electron chi connectivity index (χ1n) is 17.7. The number of likely N-dealkylation sites (N-methyl/N-ethyl adjacent to an activating group) is 2. The molecule has 0 saturated carbocycles. The van der Waals surface area contributed by atoms with Crippen molar-refractivity contribution in [2.75, 3.05) is 40.3 Å². The van der Waals surface area contributed by atoms with Crippen LogP contribution in [0.1, 0.15) is 59.9 Å². The molecule has 0 radical (unpaired) electrons. The molecular formula is C38H46F2N8O5S. The molecular weight excluding hydrogens is 719 g/mol. The molecule has 0 saturated heterocycles. The summed E-state index contributed by atoms with van der Waals surface area (Å²) >= 11 is 1.18. The largest absolute Gasteiger partial charge is 0.361 e. The van der Waals surface area contributed by atoms with Crippen LogP contribution in [0.15, 0.2) is 54.0 Å². The number of H-pyrrole nitrogens is 1. The van der Waals surface area contributed by atoms with Gasteiger partial charge in [-0.25, -0.2) is 13.8 Å². The van der Waals surface area contributed by atoms with E-state index in [2.05, 4.69) is 25.9 Å². The lowest BCUT2D eigenvalue weighted by Crippen LogP contribution is -2.53. The summed E-state index contributed by atoms with van der Waals surface area (Å²) in [5.74, 6) is -4.07. The van der Waals surface area contributed by atoms with Crippen LogP contribution in [0.4, 0.5) is 8.78 Å². The number of rotatable bonds is 6. The summed E-state index contributed by atoms with van der Waals surface area (Å²) in [7, 11) is 2.96. The Kier molecular flexibility index (Phi) is 13.1. The number of hydrogen-bond acceptors (Lipinski definition) is 8. The van der Waals surface area contributed by atoms with Crippen molar-refractivity contribution in [2.45, 2.75) is 58.3 Å². The maximum atomic E-state index is 14.7. The standard InChI is InChI=1S/C38H46F2N8O5S/c1-22(2)15-30-36-45-32(21-54-36)35(51)44-31(16-24-17-41-29-12-7-6-9-25(24)29)38(53)47(5)19-33(49)42-23(3)37(52)46(4)13-14-48(20-34(50)43-30)18-26-27(39)10-8-11-28(26)40/h6-12,17,21-23,30-31,41H,13-16,18-20H2,1-5H3,(H,42,49)(H,43,50)(H,44,51)/t23-,30-,31+/m0/s1. The molecule has 0 fully saturated rings. The number of amides is 5. The number of nitrogens with one attached hydrogen (secondary N) is 4. The lowest BCUT2D eigenvalue weighted by atomic mass is 10.0. The topological polar surface area (TPSA) is 160 Å². The van der Waals surface area contributed by atoms with Gasteiger partial charge in [0, 0.05) is 68.2 Å². The summed E-state index contributed by atoms with van der Waals surface area (Å²) in [4.78, 5) is 79.5. The first-order valence-corrected chi connectivity index (χ1v) is 18.6. The number of nitrogens with zero attached hydrogens (tertiary/aromatic N) is 4. The molecule has 5 amide bonds. The molecule has 4 N–H and O–H groups in total. The fourth-order valence-corrected chi connectivity index (χ4v) is 7.26. The molecule has 13 nitrogen and oxygen atoms in total. The van der Waals surface area contributed by atoms with Gasteiger partial charge in [0.15, 0.2) is 0 Å². The van der Waals surface area contributed by atoms with E-state index in [1.54, 1.807) is 11.6 Å². The third kappa shape index (κ3) is 10.0. The molecule has 54 heavy (non-hydrogen) atoms. The molecule has 4 aromatic rings. The highest BCUT2D eigenvalue weighted by Crippen LogP contribution is 2.26. The Morgan fingerprint density at radius 3 is 2.28 bits per heavy atom. The van der Waals surface area contributed by atoms with Gasteiger partial charge in [-0.05, 0) is 43.0 Å². The Balaban J connectivity index is 1.46. The molecule has 0 unspecified atom stereocenters. The number of aromatic amines is 1. The third-order valence-corrected chi connectivity index (χ3v) is 10.2. The molecule has 0 spiro atoms. The molecule has 16 heteroatoms. The maximum absolute atomic E-state index is 14.7. The Morgan fingerprint density at radius 1 is 0.852 bits per heavy atom. The van der Waals surface area contributed by atoms with E-state index >= 15 is 0 Å². The molecule has 0 aliphatic carbocycles. The second-order valence-corrected chi connectivity index (χ2v) is 15.0. The van der Waals surface area contributed by atoms with Crippen molar-refractivity contribution in [1.82, 2.24) is 40.6 Å². The minimum atomic E-state index is -1.09. The molecule has 2 bridgehead atoms. The Hall–Kier alpha value is -5.22. The van der Waals surface area contributed by atoms with Gasteiger partial charge in [0.25, 0.3) is 5.91 Å². The minimum absolute atomic E-state index is 0.0491. The smallest absolute Gasteiger partial charge is 0.271 e. The van der Waals surface area contributed by atoms with E-state index in [1.807, 2.05) is 38.1 Å². The first kappa shape index (κ1) is 40.0. The van der Waals surface area contributed by atoms with E-state index in [0.29, 0.717) is 11.4 Å². The monoisotopic (exact) mass is 764 g/mol. The lowest BCUT2D eigenvalue weighted by molar-refractivity contribution is -0.138. The summed E-state index contributed by atoms with van der Waals surface area (Å²) in [6.07, 6.45) is 2.36. The molecule has 3 atom stereocenters. The summed E-state index contributed by atoms with van der Waals surface area (Å²) in [5, 5.41) is 11.3. The number of benzene rings is 2. The van der Waals surface area contributed by atoms with Crippen molar-refractivity contribution in [2.24, 2.45) is 5.92 Å². The summed E-state index contributed by atoms with van der Waals surface area (Å²) in [6.45, 7) is 4.68. The van der Waals surface area contributed by atoms with Gasteiger partial charge in [-0.15, -0.1) is 11.3 Å². The highest BCUT2D eigenvalue weighted by atomic mass is 32.1. The van der Waals surface area contributed by atoms with Crippen molar-refractivity contribution in [1.29, 1.82) is 0 Å². The van der Waals surface area contributed by atoms with Crippen molar-refractivity contribution < 1.29 is 32.8 Å². The van der Waals surface area contributed by atoms with Gasteiger partial charge in [0.05, 0.1) is 19.1 Å². The fraction of sp³-hybridized carbons (Fsp3) is 0.421. The van der Waals surface area contributed by atoms with Crippen LogP contribution >= 0.6 is 11.3 Å². The number of fused-ring (bicyclic) bond motifs is 3. The van der Waals surface area contributed by atoms with Gasteiger partial charge in [0.1, 0.15) is 34.4 Å². The molecule has 288 valence electrons. The lowest BCUT2D eigenvalue weighted by Gasteiger charge is -2.28. The zero-order valence-electron chi connectivity index (χ0n) is 30.9. The Bertz CT molecular complexity index is 1980. The van der Waals surface area contributed by atoms with E-state index in [-0.39, 0.29) is 49.8 Å². The highest BCUT2D eigenvalue weighted by Gasteiger charge is 2.30. The van der Waals surface area contributed by atoms with Gasteiger partial charge < -0.3 is 30.7 Å². The van der Waals surface area contributed by atoms with Crippen LogP contribution in [0.2, 0.25) is 0 Å². The number of halogens is 2. The minimum Gasteiger partial charge on any atom is -0.361 e. The van der Waals surface area contributed by atoms with Gasteiger partial charge in [-0.1, -0.05) is 38.1 Å². The first-order chi connectivity index (χ1) is 25.7. The Morgan fingerprint density at radius 2 is 1.56 bits per heavy atom.